The van der Waals surface area contributed by atoms with Crippen molar-refractivity contribution >= 4 is 5.95 Å². The number of anilines is 1. The van der Waals surface area contributed by atoms with Crippen molar-refractivity contribution in [1.29, 1.82) is 0 Å². The van der Waals surface area contributed by atoms with Crippen LogP contribution in [0.5, 0.6) is 0 Å². The van der Waals surface area contributed by atoms with E-state index in [0.717, 1.165) is 23.5 Å². The van der Waals surface area contributed by atoms with Crippen LogP contribution in [0.25, 0.3) is 16.9 Å². The van der Waals surface area contributed by atoms with Gasteiger partial charge >= 0.3 is 0 Å². The van der Waals surface area contributed by atoms with E-state index in [9.17, 15) is 4.39 Å². The van der Waals surface area contributed by atoms with Gasteiger partial charge in [-0.05, 0) is 37.3 Å². The number of halogens is 1. The molecule has 0 fully saturated rings. The van der Waals surface area contributed by atoms with Gasteiger partial charge in [0, 0.05) is 24.5 Å². The summed E-state index contributed by atoms with van der Waals surface area (Å²) in [5.74, 6) is 0.321. The van der Waals surface area contributed by atoms with Crippen LogP contribution in [0.4, 0.5) is 10.3 Å². The average Bonchev–Trinajstić information content (AvgIpc) is 2.98. The predicted octanol–water partition coefficient (Wildman–Crippen LogP) is 2.90. The molecule has 0 saturated heterocycles. The maximum absolute atomic E-state index is 12.9. The van der Waals surface area contributed by atoms with E-state index in [0.29, 0.717) is 5.95 Å². The molecule has 0 atom stereocenters. The summed E-state index contributed by atoms with van der Waals surface area (Å²) in [5.41, 5.74) is 2.46. The van der Waals surface area contributed by atoms with Crippen LogP contribution in [0, 0.1) is 5.82 Å². The minimum atomic E-state index is -0.266. The topological polar surface area (TPSA) is 55.6 Å². The first-order valence-corrected chi connectivity index (χ1v) is 6.64. The van der Waals surface area contributed by atoms with Gasteiger partial charge in [0.25, 0.3) is 0 Å². The van der Waals surface area contributed by atoms with Gasteiger partial charge in [0.05, 0.1) is 17.6 Å². The Balaban J connectivity index is 1.91. The molecule has 0 bridgehead atoms. The lowest BCUT2D eigenvalue weighted by Crippen LogP contribution is -2.01. The fourth-order valence-corrected chi connectivity index (χ4v) is 1.95. The van der Waals surface area contributed by atoms with E-state index in [1.54, 1.807) is 29.2 Å². The highest BCUT2D eigenvalue weighted by Gasteiger charge is 2.06. The zero-order chi connectivity index (χ0) is 14.7. The highest BCUT2D eigenvalue weighted by molar-refractivity contribution is 5.58. The maximum Gasteiger partial charge on any atom is 0.223 e. The summed E-state index contributed by atoms with van der Waals surface area (Å²) in [4.78, 5) is 8.56. The molecule has 0 radical (unpaired) electrons. The lowest BCUT2D eigenvalue weighted by molar-refractivity contribution is 0.627. The van der Waals surface area contributed by atoms with Crippen LogP contribution in [-0.2, 0) is 0 Å². The Labute approximate surface area is 121 Å². The third-order valence-corrected chi connectivity index (χ3v) is 2.96. The molecule has 3 rings (SSSR count). The molecule has 0 aliphatic heterocycles. The van der Waals surface area contributed by atoms with Gasteiger partial charge in [-0.3, -0.25) is 0 Å². The molecule has 6 heteroatoms. The Morgan fingerprint density at radius 3 is 2.76 bits per heavy atom. The van der Waals surface area contributed by atoms with E-state index >= 15 is 0 Å². The molecule has 0 aliphatic rings. The van der Waals surface area contributed by atoms with E-state index in [-0.39, 0.29) is 5.82 Å². The second-order valence-corrected chi connectivity index (χ2v) is 4.45. The molecule has 0 aliphatic carbocycles. The standard InChI is InChI=1S/C15H14FN5/c1-2-17-15-18-8-7-14(20-15)11-9-19-21(10-11)13-5-3-12(16)4-6-13/h3-10H,2H2,1H3,(H,17,18,20). The van der Waals surface area contributed by atoms with Crippen molar-refractivity contribution in [1.82, 2.24) is 19.7 Å². The van der Waals surface area contributed by atoms with Crippen LogP contribution >= 0.6 is 0 Å². The van der Waals surface area contributed by atoms with Gasteiger partial charge in [0.1, 0.15) is 5.82 Å². The molecule has 0 unspecified atom stereocenters. The van der Waals surface area contributed by atoms with Gasteiger partial charge in [0.2, 0.25) is 5.95 Å². The summed E-state index contributed by atoms with van der Waals surface area (Å²) < 4.78 is 14.6. The van der Waals surface area contributed by atoms with Crippen molar-refractivity contribution in [2.24, 2.45) is 0 Å². The zero-order valence-electron chi connectivity index (χ0n) is 11.5. The number of benzene rings is 1. The largest absolute Gasteiger partial charge is 0.354 e. The Bertz CT molecular complexity index is 736. The smallest absolute Gasteiger partial charge is 0.223 e. The van der Waals surface area contributed by atoms with Crippen LogP contribution in [0.1, 0.15) is 6.92 Å². The van der Waals surface area contributed by atoms with Crippen LogP contribution in [-0.4, -0.2) is 26.3 Å². The van der Waals surface area contributed by atoms with Crippen LogP contribution in [0.3, 0.4) is 0 Å². The van der Waals surface area contributed by atoms with Crippen molar-refractivity contribution in [2.45, 2.75) is 6.92 Å². The molecule has 1 N–H and O–H groups in total. The second-order valence-electron chi connectivity index (χ2n) is 4.45. The molecule has 2 aromatic heterocycles. The fourth-order valence-electron chi connectivity index (χ4n) is 1.95. The van der Waals surface area contributed by atoms with Crippen molar-refractivity contribution in [3.63, 3.8) is 0 Å². The van der Waals surface area contributed by atoms with E-state index < -0.39 is 0 Å². The average molecular weight is 283 g/mol. The Hall–Kier alpha value is -2.76. The molecular formula is C15H14FN5. The minimum Gasteiger partial charge on any atom is -0.354 e. The lowest BCUT2D eigenvalue weighted by atomic mass is 10.2. The van der Waals surface area contributed by atoms with Gasteiger partial charge in [0.15, 0.2) is 0 Å². The molecule has 21 heavy (non-hydrogen) atoms. The monoisotopic (exact) mass is 283 g/mol. The minimum absolute atomic E-state index is 0.266. The summed E-state index contributed by atoms with van der Waals surface area (Å²) in [6, 6.07) is 7.99. The highest BCUT2D eigenvalue weighted by atomic mass is 19.1. The number of nitrogens with one attached hydrogen (secondary N) is 1. The number of nitrogens with zero attached hydrogens (tertiary/aromatic N) is 4. The zero-order valence-corrected chi connectivity index (χ0v) is 11.5. The van der Waals surface area contributed by atoms with Crippen molar-refractivity contribution < 1.29 is 4.39 Å². The first-order valence-electron chi connectivity index (χ1n) is 6.64. The van der Waals surface area contributed by atoms with Crippen molar-refractivity contribution in [2.75, 3.05) is 11.9 Å². The molecular weight excluding hydrogens is 269 g/mol. The Morgan fingerprint density at radius 2 is 2.00 bits per heavy atom. The molecule has 0 spiro atoms. The second kappa shape index (κ2) is 5.70. The molecule has 106 valence electrons. The van der Waals surface area contributed by atoms with Crippen LogP contribution in [0.15, 0.2) is 48.9 Å². The van der Waals surface area contributed by atoms with Gasteiger partial charge < -0.3 is 5.32 Å². The van der Waals surface area contributed by atoms with E-state index in [2.05, 4.69) is 20.4 Å². The summed E-state index contributed by atoms with van der Waals surface area (Å²) in [6.45, 7) is 2.75. The number of rotatable bonds is 4. The molecule has 1 aromatic carbocycles. The first-order chi connectivity index (χ1) is 10.3. The third-order valence-electron chi connectivity index (χ3n) is 2.96. The number of hydrogen-bond acceptors (Lipinski definition) is 4. The molecule has 3 aromatic rings. The Morgan fingerprint density at radius 1 is 1.19 bits per heavy atom. The maximum atomic E-state index is 12.9. The number of aromatic nitrogens is 4. The van der Waals surface area contributed by atoms with Crippen molar-refractivity contribution in [3.8, 4) is 16.9 Å². The van der Waals surface area contributed by atoms with Crippen LogP contribution in [0.2, 0.25) is 0 Å². The van der Waals surface area contributed by atoms with Gasteiger partial charge in [-0.25, -0.2) is 19.0 Å². The van der Waals surface area contributed by atoms with Crippen LogP contribution < -0.4 is 5.32 Å². The third kappa shape index (κ3) is 2.89. The quantitative estimate of drug-likeness (QED) is 0.800. The highest BCUT2D eigenvalue weighted by Crippen LogP contribution is 2.18. The predicted molar refractivity (Wildman–Crippen MR) is 78.7 cm³/mol. The molecule has 0 saturated carbocycles. The SMILES string of the molecule is CCNc1nccc(-c2cnn(-c3ccc(F)cc3)c2)n1. The molecule has 2 heterocycles. The van der Waals surface area contributed by atoms with Crippen molar-refractivity contribution in [3.05, 3.63) is 54.7 Å². The Kier molecular flexibility index (Phi) is 3.59. The van der Waals surface area contributed by atoms with E-state index in [4.69, 9.17) is 0 Å². The lowest BCUT2D eigenvalue weighted by Gasteiger charge is -2.02. The normalized spacial score (nSPS) is 10.6. The molecule has 0 amide bonds. The summed E-state index contributed by atoms with van der Waals surface area (Å²) in [6.07, 6.45) is 5.28. The summed E-state index contributed by atoms with van der Waals surface area (Å²) >= 11 is 0. The van der Waals surface area contributed by atoms with Gasteiger partial charge in [-0.1, -0.05) is 0 Å². The summed E-state index contributed by atoms with van der Waals surface area (Å²) in [5, 5.41) is 7.35. The van der Waals surface area contributed by atoms with Gasteiger partial charge in [-0.2, -0.15) is 5.10 Å². The van der Waals surface area contributed by atoms with E-state index in [1.807, 2.05) is 19.2 Å². The van der Waals surface area contributed by atoms with E-state index in [1.165, 1.54) is 12.1 Å². The number of hydrogen-bond donors (Lipinski definition) is 1. The fraction of sp³-hybridized carbons (Fsp3) is 0.133. The summed E-state index contributed by atoms with van der Waals surface area (Å²) in [7, 11) is 0. The van der Waals surface area contributed by atoms with Gasteiger partial charge in [-0.15, -0.1) is 0 Å². The molecule has 5 nitrogen and oxygen atoms in total. The first kappa shape index (κ1) is 13.2.